The van der Waals surface area contributed by atoms with Gasteiger partial charge in [0.05, 0.1) is 6.54 Å². The van der Waals surface area contributed by atoms with Gasteiger partial charge >= 0.3 is 5.69 Å². The molecule has 0 fully saturated rings. The van der Waals surface area contributed by atoms with Crippen LogP contribution in [0.2, 0.25) is 0 Å². The van der Waals surface area contributed by atoms with Crippen LogP contribution >= 0.6 is 11.3 Å². The Morgan fingerprint density at radius 2 is 1.94 bits per heavy atom. The smallest absolute Gasteiger partial charge is 0.300 e. The average Bonchev–Trinajstić information content (AvgIpc) is 2.83. The van der Waals surface area contributed by atoms with Gasteiger partial charge in [-0.15, -0.1) is 11.3 Å². The number of Topliss-reactive ketones (excluding diaryl/α,β-unsaturated/α-hetero) is 1. The van der Waals surface area contributed by atoms with E-state index in [0.717, 1.165) is 15.3 Å². The number of nitrogens with zero attached hydrogens (tertiary/aromatic N) is 2. The van der Waals surface area contributed by atoms with Crippen molar-refractivity contribution in [3.05, 3.63) is 44.3 Å². The Morgan fingerprint density at radius 3 is 2.44 bits per heavy atom. The van der Waals surface area contributed by atoms with E-state index in [9.17, 15) is 9.59 Å². The van der Waals surface area contributed by atoms with E-state index in [4.69, 9.17) is 0 Å². The van der Waals surface area contributed by atoms with E-state index in [1.807, 2.05) is 26.8 Å². The standard InChI is InChI=1S/C13H16N2O2S/c1-4-14-5-6-15(13(14)17)8-12(16)11-7-9(2)18-10(11)3/h5-7H,4,8H2,1-3H3. The van der Waals surface area contributed by atoms with Gasteiger partial charge in [-0.1, -0.05) is 0 Å². The van der Waals surface area contributed by atoms with E-state index < -0.39 is 0 Å². The molecule has 0 aliphatic heterocycles. The minimum absolute atomic E-state index is 0.00666. The zero-order valence-electron chi connectivity index (χ0n) is 10.8. The molecule has 96 valence electrons. The SMILES string of the molecule is CCn1ccn(CC(=O)c2cc(C)sc2C)c1=O. The number of carbonyl (C=O) groups excluding carboxylic acids is 1. The van der Waals surface area contributed by atoms with Crippen molar-refractivity contribution >= 4 is 17.1 Å². The Bertz CT molecular complexity index is 634. The normalized spacial score (nSPS) is 10.8. The van der Waals surface area contributed by atoms with Crippen LogP contribution in [0.15, 0.2) is 23.3 Å². The monoisotopic (exact) mass is 264 g/mol. The molecule has 0 aliphatic carbocycles. The Balaban J connectivity index is 2.24. The topological polar surface area (TPSA) is 44.0 Å². The summed E-state index contributed by atoms with van der Waals surface area (Å²) in [6.07, 6.45) is 3.37. The molecule has 0 bridgehead atoms. The molecule has 0 saturated carbocycles. The fourth-order valence-electron chi connectivity index (χ4n) is 1.96. The van der Waals surface area contributed by atoms with Gasteiger partial charge < -0.3 is 0 Å². The van der Waals surface area contributed by atoms with Crippen LogP contribution in [0.25, 0.3) is 0 Å². The maximum absolute atomic E-state index is 12.1. The average molecular weight is 264 g/mol. The number of ketones is 1. The molecule has 0 saturated heterocycles. The highest BCUT2D eigenvalue weighted by Crippen LogP contribution is 2.21. The van der Waals surface area contributed by atoms with Crippen LogP contribution in [-0.2, 0) is 13.1 Å². The van der Waals surface area contributed by atoms with Gasteiger partial charge in [0.2, 0.25) is 0 Å². The molecule has 2 aromatic rings. The van der Waals surface area contributed by atoms with Crippen molar-refractivity contribution in [3.63, 3.8) is 0 Å². The summed E-state index contributed by atoms with van der Waals surface area (Å²) >= 11 is 1.61. The highest BCUT2D eigenvalue weighted by Gasteiger charge is 2.14. The Kier molecular flexibility index (Phi) is 3.52. The molecule has 0 atom stereocenters. The summed E-state index contributed by atoms with van der Waals surface area (Å²) in [6, 6.07) is 1.89. The predicted octanol–water partition coefficient (Wildman–Crippen LogP) is 2.23. The van der Waals surface area contributed by atoms with Crippen LogP contribution in [0, 0.1) is 13.8 Å². The molecule has 2 heterocycles. The van der Waals surface area contributed by atoms with Gasteiger partial charge in [-0.3, -0.25) is 13.9 Å². The second kappa shape index (κ2) is 4.94. The number of thiophene rings is 1. The van der Waals surface area contributed by atoms with Crippen LogP contribution in [0.5, 0.6) is 0 Å². The lowest BCUT2D eigenvalue weighted by atomic mass is 10.1. The van der Waals surface area contributed by atoms with E-state index in [1.165, 1.54) is 4.57 Å². The largest absolute Gasteiger partial charge is 0.328 e. The van der Waals surface area contributed by atoms with Crippen LogP contribution < -0.4 is 5.69 Å². The Labute approximate surface area is 109 Å². The number of imidazole rings is 1. The van der Waals surface area contributed by atoms with Crippen LogP contribution in [0.1, 0.15) is 27.0 Å². The van der Waals surface area contributed by atoms with Crippen LogP contribution in [0.3, 0.4) is 0 Å². The second-order valence-corrected chi connectivity index (χ2v) is 5.71. The van der Waals surface area contributed by atoms with Gasteiger partial charge in [0.1, 0.15) is 0 Å². The molecular formula is C13H16N2O2S. The van der Waals surface area contributed by atoms with Gasteiger partial charge in [0.15, 0.2) is 5.78 Å². The maximum Gasteiger partial charge on any atom is 0.328 e. The molecule has 18 heavy (non-hydrogen) atoms. The van der Waals surface area contributed by atoms with Crippen molar-refractivity contribution in [1.82, 2.24) is 9.13 Å². The summed E-state index contributed by atoms with van der Waals surface area (Å²) in [5.41, 5.74) is 0.601. The van der Waals surface area contributed by atoms with Gasteiger partial charge in [-0.25, -0.2) is 4.79 Å². The molecule has 0 amide bonds. The molecule has 0 unspecified atom stereocenters. The van der Waals surface area contributed by atoms with Gasteiger partial charge in [-0.2, -0.15) is 0 Å². The summed E-state index contributed by atoms with van der Waals surface area (Å²) in [5, 5.41) is 0. The number of hydrogen-bond acceptors (Lipinski definition) is 3. The van der Waals surface area contributed by atoms with E-state index in [2.05, 4.69) is 0 Å². The lowest BCUT2D eigenvalue weighted by Crippen LogP contribution is -2.26. The van der Waals surface area contributed by atoms with E-state index in [1.54, 1.807) is 28.3 Å². The third-order valence-electron chi connectivity index (χ3n) is 2.91. The van der Waals surface area contributed by atoms with Crippen molar-refractivity contribution in [2.45, 2.75) is 33.9 Å². The first-order valence-corrected chi connectivity index (χ1v) is 6.70. The zero-order valence-corrected chi connectivity index (χ0v) is 11.6. The highest BCUT2D eigenvalue weighted by molar-refractivity contribution is 7.12. The summed E-state index contributed by atoms with van der Waals surface area (Å²) in [6.45, 7) is 6.55. The molecule has 4 nitrogen and oxygen atoms in total. The molecule has 2 rings (SSSR count). The molecule has 0 N–H and O–H groups in total. The first-order valence-electron chi connectivity index (χ1n) is 5.88. The molecular weight excluding hydrogens is 248 g/mol. The first kappa shape index (κ1) is 12.8. The summed E-state index contributed by atoms with van der Waals surface area (Å²) in [7, 11) is 0. The van der Waals surface area contributed by atoms with Crippen LogP contribution in [0.4, 0.5) is 0 Å². The van der Waals surface area contributed by atoms with Crippen molar-refractivity contribution in [1.29, 1.82) is 0 Å². The van der Waals surface area contributed by atoms with Crippen LogP contribution in [-0.4, -0.2) is 14.9 Å². The number of rotatable bonds is 4. The van der Waals surface area contributed by atoms with Gasteiger partial charge in [-0.05, 0) is 26.8 Å². The van der Waals surface area contributed by atoms with Gasteiger partial charge in [0, 0.05) is 34.3 Å². The lowest BCUT2D eigenvalue weighted by Gasteiger charge is -2.00. The van der Waals surface area contributed by atoms with Crippen molar-refractivity contribution in [3.8, 4) is 0 Å². The Hall–Kier alpha value is -1.62. The Morgan fingerprint density at radius 1 is 1.28 bits per heavy atom. The molecule has 0 aromatic carbocycles. The minimum Gasteiger partial charge on any atom is -0.300 e. The molecule has 5 heteroatoms. The minimum atomic E-state index is -0.129. The molecule has 2 aromatic heterocycles. The van der Waals surface area contributed by atoms with Crippen molar-refractivity contribution in [2.75, 3.05) is 0 Å². The predicted molar refractivity (Wildman–Crippen MR) is 72.5 cm³/mol. The highest BCUT2D eigenvalue weighted by atomic mass is 32.1. The maximum atomic E-state index is 12.1. The van der Waals surface area contributed by atoms with Crippen molar-refractivity contribution in [2.24, 2.45) is 0 Å². The van der Waals surface area contributed by atoms with E-state index in [-0.39, 0.29) is 18.0 Å². The van der Waals surface area contributed by atoms with E-state index in [0.29, 0.717) is 6.54 Å². The fraction of sp³-hybridized carbons (Fsp3) is 0.385. The summed E-state index contributed by atoms with van der Waals surface area (Å²) in [5.74, 6) is -0.00666. The van der Waals surface area contributed by atoms with Crippen molar-refractivity contribution < 1.29 is 4.79 Å². The quantitative estimate of drug-likeness (QED) is 0.795. The van der Waals surface area contributed by atoms with Gasteiger partial charge in [0.25, 0.3) is 0 Å². The lowest BCUT2D eigenvalue weighted by molar-refractivity contribution is 0.0970. The molecule has 0 spiro atoms. The first-order chi connectivity index (χ1) is 8.52. The summed E-state index contributed by atoms with van der Waals surface area (Å²) in [4.78, 5) is 26.1. The zero-order chi connectivity index (χ0) is 13.3. The van der Waals surface area contributed by atoms with E-state index >= 15 is 0 Å². The third kappa shape index (κ3) is 2.31. The second-order valence-electron chi connectivity index (χ2n) is 4.24. The fourth-order valence-corrected chi connectivity index (χ4v) is 2.90. The number of carbonyl (C=O) groups is 1. The number of aryl methyl sites for hydroxylation is 3. The summed E-state index contributed by atoms with van der Waals surface area (Å²) < 4.78 is 3.04. The molecule has 0 radical (unpaired) electrons. The third-order valence-corrected chi connectivity index (χ3v) is 3.88. The number of hydrogen-bond donors (Lipinski definition) is 0. The molecule has 0 aliphatic rings. The number of aromatic nitrogens is 2.